The van der Waals surface area contributed by atoms with Crippen LogP contribution < -0.4 is 4.90 Å². The quantitative estimate of drug-likeness (QED) is 0.733. The van der Waals surface area contributed by atoms with E-state index in [1.165, 1.54) is 12.3 Å². The predicted octanol–water partition coefficient (Wildman–Crippen LogP) is 3.60. The summed E-state index contributed by atoms with van der Waals surface area (Å²) < 4.78 is 45.2. The molecule has 1 fully saturated rings. The number of hydrogen-bond donors (Lipinski definition) is 0. The van der Waals surface area contributed by atoms with Crippen molar-refractivity contribution in [2.45, 2.75) is 13.1 Å². The number of nitrogens with zero attached hydrogens (tertiary/aromatic N) is 3. The van der Waals surface area contributed by atoms with Crippen molar-refractivity contribution in [3.63, 3.8) is 0 Å². The Morgan fingerprint density at radius 3 is 2.48 bits per heavy atom. The van der Waals surface area contributed by atoms with Crippen LogP contribution in [0.1, 0.15) is 22.8 Å². The maximum atomic E-state index is 13.4. The largest absolute Gasteiger partial charge is 0.462 e. The number of esters is 1. The SMILES string of the molecule is CCOC(=O)c1cnc2c(C(F)(F)F)cccc2c1N1CCN(C)CC1.Cl. The summed E-state index contributed by atoms with van der Waals surface area (Å²) in [5, 5.41) is 0.315. The maximum absolute atomic E-state index is 13.4. The fourth-order valence-electron chi connectivity index (χ4n) is 3.17. The number of benzene rings is 1. The van der Waals surface area contributed by atoms with Gasteiger partial charge in [-0.3, -0.25) is 4.98 Å². The zero-order valence-corrected chi connectivity index (χ0v) is 15.9. The second-order valence-corrected chi connectivity index (χ2v) is 6.23. The second kappa shape index (κ2) is 8.31. The molecule has 3 rings (SSSR count). The lowest BCUT2D eigenvalue weighted by molar-refractivity contribution is -0.136. The molecule has 2 aromatic rings. The van der Waals surface area contributed by atoms with Gasteiger partial charge in [-0.25, -0.2) is 4.79 Å². The molecule has 27 heavy (non-hydrogen) atoms. The molecule has 0 spiro atoms. The van der Waals surface area contributed by atoms with Crippen LogP contribution in [0.15, 0.2) is 24.4 Å². The van der Waals surface area contributed by atoms with Crippen molar-refractivity contribution in [1.29, 1.82) is 0 Å². The van der Waals surface area contributed by atoms with Crippen LogP contribution in [-0.4, -0.2) is 55.7 Å². The number of rotatable bonds is 3. The first-order chi connectivity index (χ1) is 12.3. The van der Waals surface area contributed by atoms with E-state index < -0.39 is 17.7 Å². The molecule has 0 saturated carbocycles. The molecular formula is C18H21ClF3N3O2. The maximum Gasteiger partial charge on any atom is 0.418 e. The number of carbonyl (C=O) groups excluding carboxylic acids is 1. The summed E-state index contributed by atoms with van der Waals surface area (Å²) in [5.41, 5.74) is -0.293. The Balaban J connectivity index is 0.00000261. The van der Waals surface area contributed by atoms with Gasteiger partial charge in [-0.05, 0) is 20.0 Å². The smallest absolute Gasteiger partial charge is 0.418 e. The normalized spacial score (nSPS) is 15.5. The molecule has 0 atom stereocenters. The number of hydrogen-bond acceptors (Lipinski definition) is 5. The van der Waals surface area contributed by atoms with E-state index >= 15 is 0 Å². The first kappa shape index (κ1) is 21.2. The summed E-state index contributed by atoms with van der Waals surface area (Å²) in [5.74, 6) is -0.576. The number of pyridine rings is 1. The van der Waals surface area contributed by atoms with Gasteiger partial charge in [0.1, 0.15) is 5.56 Å². The van der Waals surface area contributed by atoms with Crippen LogP contribution in [0, 0.1) is 0 Å². The van der Waals surface area contributed by atoms with E-state index in [0.717, 1.165) is 19.2 Å². The molecule has 0 radical (unpaired) electrons. The van der Waals surface area contributed by atoms with Crippen LogP contribution >= 0.6 is 12.4 Å². The van der Waals surface area contributed by atoms with Crippen molar-refractivity contribution in [2.75, 3.05) is 44.7 Å². The molecule has 2 heterocycles. The molecular weight excluding hydrogens is 383 g/mol. The van der Waals surface area contributed by atoms with Crippen LogP contribution in [0.2, 0.25) is 0 Å². The third-order valence-electron chi connectivity index (χ3n) is 4.49. The Morgan fingerprint density at radius 1 is 1.22 bits per heavy atom. The Labute approximate surface area is 161 Å². The van der Waals surface area contributed by atoms with Crippen molar-refractivity contribution >= 4 is 35.0 Å². The van der Waals surface area contributed by atoms with Gasteiger partial charge in [0.2, 0.25) is 0 Å². The third-order valence-corrected chi connectivity index (χ3v) is 4.49. The van der Waals surface area contributed by atoms with Crippen molar-refractivity contribution in [2.24, 2.45) is 0 Å². The molecule has 1 aromatic heterocycles. The Morgan fingerprint density at radius 2 is 1.89 bits per heavy atom. The van der Waals surface area contributed by atoms with E-state index in [1.807, 2.05) is 11.9 Å². The van der Waals surface area contributed by atoms with Gasteiger partial charge in [-0.1, -0.05) is 12.1 Å². The third kappa shape index (κ3) is 4.27. The lowest BCUT2D eigenvalue weighted by atomic mass is 10.0. The zero-order valence-electron chi connectivity index (χ0n) is 15.0. The van der Waals surface area contributed by atoms with E-state index in [0.29, 0.717) is 24.2 Å². The van der Waals surface area contributed by atoms with E-state index in [4.69, 9.17) is 4.74 Å². The molecule has 1 aliphatic rings. The van der Waals surface area contributed by atoms with Gasteiger partial charge in [-0.15, -0.1) is 12.4 Å². The zero-order chi connectivity index (χ0) is 18.9. The first-order valence-electron chi connectivity index (χ1n) is 8.42. The molecule has 148 valence electrons. The first-order valence-corrected chi connectivity index (χ1v) is 8.42. The van der Waals surface area contributed by atoms with Gasteiger partial charge in [0, 0.05) is 37.8 Å². The lowest BCUT2D eigenvalue weighted by Gasteiger charge is -2.35. The molecule has 1 saturated heterocycles. The molecule has 5 nitrogen and oxygen atoms in total. The fourth-order valence-corrected chi connectivity index (χ4v) is 3.17. The van der Waals surface area contributed by atoms with Crippen LogP contribution in [0.4, 0.5) is 18.9 Å². The highest BCUT2D eigenvalue weighted by atomic mass is 35.5. The topological polar surface area (TPSA) is 45.7 Å². The summed E-state index contributed by atoms with van der Waals surface area (Å²) in [4.78, 5) is 20.4. The second-order valence-electron chi connectivity index (χ2n) is 6.23. The molecule has 0 amide bonds. The van der Waals surface area contributed by atoms with E-state index in [9.17, 15) is 18.0 Å². The van der Waals surface area contributed by atoms with Gasteiger partial charge < -0.3 is 14.5 Å². The molecule has 0 aliphatic carbocycles. The molecule has 9 heteroatoms. The van der Waals surface area contributed by atoms with Gasteiger partial charge >= 0.3 is 12.1 Å². The average Bonchev–Trinajstić information content (AvgIpc) is 2.60. The fraction of sp³-hybridized carbons (Fsp3) is 0.444. The molecule has 0 unspecified atom stereocenters. The van der Waals surface area contributed by atoms with Crippen molar-refractivity contribution in [3.8, 4) is 0 Å². The van der Waals surface area contributed by atoms with Crippen molar-refractivity contribution in [1.82, 2.24) is 9.88 Å². The summed E-state index contributed by atoms with van der Waals surface area (Å²) in [7, 11) is 1.98. The van der Waals surface area contributed by atoms with Crippen molar-refractivity contribution in [3.05, 3.63) is 35.5 Å². The molecule has 1 aromatic carbocycles. The van der Waals surface area contributed by atoms with Crippen LogP contribution in [0.3, 0.4) is 0 Å². The van der Waals surface area contributed by atoms with Gasteiger partial charge in [0.05, 0.1) is 23.4 Å². The summed E-state index contributed by atoms with van der Waals surface area (Å²) in [6, 6.07) is 3.93. The minimum Gasteiger partial charge on any atom is -0.462 e. The molecule has 0 bridgehead atoms. The Bertz CT molecular complexity index is 821. The van der Waals surface area contributed by atoms with Crippen LogP contribution in [0.25, 0.3) is 10.9 Å². The van der Waals surface area contributed by atoms with Crippen LogP contribution in [-0.2, 0) is 10.9 Å². The van der Waals surface area contributed by atoms with Crippen LogP contribution in [0.5, 0.6) is 0 Å². The minimum atomic E-state index is -4.52. The number of alkyl halides is 3. The number of halogens is 4. The Kier molecular flexibility index (Phi) is 6.54. The summed E-state index contributed by atoms with van der Waals surface area (Å²) in [6.07, 6.45) is -3.32. The number of aromatic nitrogens is 1. The number of piperazine rings is 1. The number of para-hydroxylation sites is 1. The number of fused-ring (bicyclic) bond motifs is 1. The number of carbonyl (C=O) groups is 1. The number of anilines is 1. The highest BCUT2D eigenvalue weighted by Gasteiger charge is 2.34. The highest BCUT2D eigenvalue weighted by Crippen LogP contribution is 2.38. The molecule has 1 aliphatic heterocycles. The standard InChI is InChI=1S/C18H20F3N3O2.ClH/c1-3-26-17(25)13-11-22-15-12(5-4-6-14(15)18(19,20)21)16(13)24-9-7-23(2)8-10-24;/h4-6,11H,3,7-10H2,1-2H3;1H. The monoisotopic (exact) mass is 403 g/mol. The average molecular weight is 404 g/mol. The molecule has 0 N–H and O–H groups in total. The van der Waals surface area contributed by atoms with Gasteiger partial charge in [0.15, 0.2) is 0 Å². The van der Waals surface area contributed by atoms with Gasteiger partial charge in [0.25, 0.3) is 0 Å². The lowest BCUT2D eigenvalue weighted by Crippen LogP contribution is -2.45. The minimum absolute atomic E-state index is 0. The predicted molar refractivity (Wildman–Crippen MR) is 99.7 cm³/mol. The highest BCUT2D eigenvalue weighted by molar-refractivity contribution is 6.06. The Hall–Kier alpha value is -2.06. The van der Waals surface area contributed by atoms with Crippen molar-refractivity contribution < 1.29 is 22.7 Å². The van der Waals surface area contributed by atoms with E-state index in [2.05, 4.69) is 9.88 Å². The van der Waals surface area contributed by atoms with Gasteiger partial charge in [-0.2, -0.15) is 13.2 Å². The summed E-state index contributed by atoms with van der Waals surface area (Å²) >= 11 is 0. The summed E-state index contributed by atoms with van der Waals surface area (Å²) in [6.45, 7) is 4.60. The van der Waals surface area contributed by atoms with E-state index in [-0.39, 0.29) is 30.1 Å². The number of ether oxygens (including phenoxy) is 1. The number of likely N-dealkylation sites (N-methyl/N-ethyl adjacent to an activating group) is 1. The van der Waals surface area contributed by atoms with E-state index in [1.54, 1.807) is 13.0 Å².